The average Bonchev–Trinajstić information content (AvgIpc) is 2.85. The van der Waals surface area contributed by atoms with E-state index in [2.05, 4.69) is 10.6 Å². The van der Waals surface area contributed by atoms with Gasteiger partial charge in [-0.2, -0.15) is 0 Å². The van der Waals surface area contributed by atoms with E-state index in [1.54, 1.807) is 0 Å². The Morgan fingerprint density at radius 1 is 1.08 bits per heavy atom. The van der Waals surface area contributed by atoms with Crippen molar-refractivity contribution in [2.24, 2.45) is 0 Å². The van der Waals surface area contributed by atoms with Crippen molar-refractivity contribution in [2.45, 2.75) is 38.8 Å². The van der Waals surface area contributed by atoms with Crippen LogP contribution in [-0.2, 0) is 20.8 Å². The molecule has 1 unspecified atom stereocenters. The van der Waals surface area contributed by atoms with Crippen molar-refractivity contribution in [3.05, 3.63) is 48.0 Å². The Morgan fingerprint density at radius 3 is 2.24 bits per heavy atom. The number of nitrogens with zero attached hydrogens (tertiary/aromatic N) is 1. The maximum atomic E-state index is 12.6. The Bertz CT molecular complexity index is 644. The first-order valence-electron chi connectivity index (χ1n) is 8.39. The predicted octanol–water partition coefficient (Wildman–Crippen LogP) is 1.03. The van der Waals surface area contributed by atoms with Crippen molar-refractivity contribution in [3.63, 3.8) is 0 Å². The molecule has 6 heteroatoms. The Hall–Kier alpha value is -2.47. The van der Waals surface area contributed by atoms with E-state index in [9.17, 15) is 14.4 Å². The predicted molar refractivity (Wildman–Crippen MR) is 95.7 cm³/mol. The number of imide groups is 1. The summed E-state index contributed by atoms with van der Waals surface area (Å²) in [6, 6.07) is 9.40. The molecule has 2 rings (SSSR count). The Kier molecular flexibility index (Phi) is 6.09. The Labute approximate surface area is 148 Å². The number of benzene rings is 1. The second kappa shape index (κ2) is 8.07. The van der Waals surface area contributed by atoms with Gasteiger partial charge in [-0.15, -0.1) is 0 Å². The highest BCUT2D eigenvalue weighted by molar-refractivity contribution is 6.12. The minimum absolute atomic E-state index is 0.147. The molecular formula is C19H25N3O3. The summed E-state index contributed by atoms with van der Waals surface area (Å²) in [7, 11) is 0. The second-order valence-corrected chi connectivity index (χ2v) is 7.09. The lowest BCUT2D eigenvalue weighted by Gasteiger charge is -2.28. The van der Waals surface area contributed by atoms with Crippen LogP contribution in [0.4, 0.5) is 0 Å². The fourth-order valence-electron chi connectivity index (χ4n) is 2.65. The molecule has 1 aliphatic heterocycles. The van der Waals surface area contributed by atoms with Crippen molar-refractivity contribution >= 4 is 17.7 Å². The van der Waals surface area contributed by atoms with Crippen LogP contribution in [0.25, 0.3) is 0 Å². The van der Waals surface area contributed by atoms with Crippen LogP contribution < -0.4 is 10.6 Å². The quantitative estimate of drug-likeness (QED) is 0.725. The van der Waals surface area contributed by atoms with E-state index in [0.29, 0.717) is 6.42 Å². The molecule has 0 aliphatic carbocycles. The van der Waals surface area contributed by atoms with Gasteiger partial charge < -0.3 is 10.6 Å². The first kappa shape index (κ1) is 18.9. The van der Waals surface area contributed by atoms with E-state index < -0.39 is 6.04 Å². The maximum absolute atomic E-state index is 12.6. The van der Waals surface area contributed by atoms with Crippen LogP contribution in [0.2, 0.25) is 0 Å². The maximum Gasteiger partial charge on any atom is 0.253 e. The van der Waals surface area contributed by atoms with E-state index >= 15 is 0 Å². The highest BCUT2D eigenvalue weighted by Gasteiger charge is 2.26. The summed E-state index contributed by atoms with van der Waals surface area (Å²) >= 11 is 0. The zero-order valence-corrected chi connectivity index (χ0v) is 14.9. The van der Waals surface area contributed by atoms with E-state index in [-0.39, 0.29) is 36.3 Å². The molecular weight excluding hydrogens is 318 g/mol. The van der Waals surface area contributed by atoms with Crippen LogP contribution in [0.5, 0.6) is 0 Å². The van der Waals surface area contributed by atoms with Crippen molar-refractivity contribution in [3.8, 4) is 0 Å². The van der Waals surface area contributed by atoms with E-state index in [0.717, 1.165) is 10.5 Å². The summed E-state index contributed by atoms with van der Waals surface area (Å²) in [6.45, 7) is 6.42. The summed E-state index contributed by atoms with van der Waals surface area (Å²) in [5.41, 5.74) is 0.843. The topological polar surface area (TPSA) is 78.5 Å². The number of rotatable bonds is 7. The van der Waals surface area contributed by atoms with Gasteiger partial charge in [0.15, 0.2) is 0 Å². The fraction of sp³-hybridized carbons (Fsp3) is 0.421. The summed E-state index contributed by atoms with van der Waals surface area (Å²) in [5, 5.41) is 6.15. The summed E-state index contributed by atoms with van der Waals surface area (Å²) in [6.07, 6.45) is 3.04. The molecule has 2 N–H and O–H groups in total. The van der Waals surface area contributed by atoms with Gasteiger partial charge in [-0.3, -0.25) is 19.3 Å². The average molecular weight is 343 g/mol. The molecule has 3 amide bonds. The van der Waals surface area contributed by atoms with Crippen LogP contribution in [0.3, 0.4) is 0 Å². The zero-order chi connectivity index (χ0) is 18.4. The molecule has 25 heavy (non-hydrogen) atoms. The monoisotopic (exact) mass is 343 g/mol. The van der Waals surface area contributed by atoms with Crippen LogP contribution in [-0.4, -0.2) is 47.3 Å². The van der Waals surface area contributed by atoms with Crippen LogP contribution in [0.15, 0.2) is 42.5 Å². The smallest absolute Gasteiger partial charge is 0.253 e. The highest BCUT2D eigenvalue weighted by atomic mass is 16.2. The van der Waals surface area contributed by atoms with Gasteiger partial charge in [0.1, 0.15) is 0 Å². The molecule has 0 fully saturated rings. The molecule has 1 aliphatic rings. The molecule has 1 aromatic rings. The standard InChI is InChI=1S/C19H25N3O3/c1-19(2,3)21-15(13-14-7-5-4-6-8-14)18(25)20-11-12-22-16(23)9-10-17(22)24/h4-10,15,21H,11-13H2,1-3H3,(H,20,25). The van der Waals surface area contributed by atoms with Gasteiger partial charge >= 0.3 is 0 Å². The van der Waals surface area contributed by atoms with Crippen molar-refractivity contribution < 1.29 is 14.4 Å². The zero-order valence-electron chi connectivity index (χ0n) is 14.9. The molecule has 0 radical (unpaired) electrons. The van der Waals surface area contributed by atoms with Crippen LogP contribution in [0, 0.1) is 0 Å². The normalized spacial score (nSPS) is 15.6. The largest absolute Gasteiger partial charge is 0.353 e. The number of hydrogen-bond acceptors (Lipinski definition) is 4. The number of carbonyl (C=O) groups is 3. The minimum atomic E-state index is -0.398. The minimum Gasteiger partial charge on any atom is -0.353 e. The molecule has 1 aromatic carbocycles. The molecule has 0 spiro atoms. The molecule has 0 saturated carbocycles. The first-order valence-corrected chi connectivity index (χ1v) is 8.39. The lowest BCUT2D eigenvalue weighted by molar-refractivity contribution is -0.137. The number of nitrogens with one attached hydrogen (secondary N) is 2. The molecule has 1 atom stereocenters. The Balaban J connectivity index is 1.93. The van der Waals surface area contributed by atoms with Crippen LogP contribution >= 0.6 is 0 Å². The number of carbonyl (C=O) groups excluding carboxylic acids is 3. The van der Waals surface area contributed by atoms with E-state index in [4.69, 9.17) is 0 Å². The van der Waals surface area contributed by atoms with Gasteiger partial charge in [0.05, 0.1) is 6.04 Å². The van der Waals surface area contributed by atoms with E-state index in [1.807, 2.05) is 51.1 Å². The molecule has 0 saturated heterocycles. The van der Waals surface area contributed by atoms with Crippen molar-refractivity contribution in [1.82, 2.24) is 15.5 Å². The first-order chi connectivity index (χ1) is 11.8. The third-order valence-corrected chi connectivity index (χ3v) is 3.74. The van der Waals surface area contributed by atoms with Gasteiger partial charge in [-0.05, 0) is 32.8 Å². The fourth-order valence-corrected chi connectivity index (χ4v) is 2.65. The number of hydrogen-bond donors (Lipinski definition) is 2. The lowest BCUT2D eigenvalue weighted by atomic mass is 10.0. The summed E-state index contributed by atoms with van der Waals surface area (Å²) < 4.78 is 0. The van der Waals surface area contributed by atoms with Gasteiger partial charge in [-0.1, -0.05) is 30.3 Å². The van der Waals surface area contributed by atoms with Crippen molar-refractivity contribution in [1.29, 1.82) is 0 Å². The lowest BCUT2D eigenvalue weighted by Crippen LogP contribution is -2.53. The SMILES string of the molecule is CC(C)(C)NC(Cc1ccccc1)C(=O)NCCN1C(=O)C=CC1=O. The van der Waals surface area contributed by atoms with Gasteiger partial charge in [0.2, 0.25) is 5.91 Å². The van der Waals surface area contributed by atoms with Crippen molar-refractivity contribution in [2.75, 3.05) is 13.1 Å². The molecule has 0 bridgehead atoms. The van der Waals surface area contributed by atoms with Gasteiger partial charge in [-0.25, -0.2) is 0 Å². The number of amides is 3. The molecule has 134 valence electrons. The third kappa shape index (κ3) is 5.83. The highest BCUT2D eigenvalue weighted by Crippen LogP contribution is 2.08. The van der Waals surface area contributed by atoms with E-state index in [1.165, 1.54) is 12.2 Å². The van der Waals surface area contributed by atoms with Crippen LogP contribution in [0.1, 0.15) is 26.3 Å². The third-order valence-electron chi connectivity index (χ3n) is 3.74. The molecule has 0 aromatic heterocycles. The summed E-state index contributed by atoms with van der Waals surface area (Å²) in [4.78, 5) is 36.7. The molecule has 6 nitrogen and oxygen atoms in total. The van der Waals surface area contributed by atoms with Gasteiger partial charge in [0.25, 0.3) is 11.8 Å². The second-order valence-electron chi connectivity index (χ2n) is 7.09. The van der Waals surface area contributed by atoms with Gasteiger partial charge in [0, 0.05) is 30.8 Å². The Morgan fingerprint density at radius 2 is 1.68 bits per heavy atom. The summed E-state index contributed by atoms with van der Waals surface area (Å²) in [5.74, 6) is -0.827. The molecule has 1 heterocycles.